The lowest BCUT2D eigenvalue weighted by atomic mass is 10.4. The van der Waals surface area contributed by atoms with Crippen LogP contribution in [0.5, 0.6) is 5.75 Å². The minimum absolute atomic E-state index is 0.582. The predicted molar refractivity (Wildman–Crippen MR) is 36.1 cm³/mol. The molecule has 3 N–H and O–H groups in total. The van der Waals surface area contributed by atoms with Gasteiger partial charge in [0.1, 0.15) is 0 Å². The number of nitrogens with zero attached hydrogens (tertiary/aromatic N) is 1. The number of hydrogen-bond donors (Lipinski definition) is 3. The zero-order chi connectivity index (χ0) is 9.30. The van der Waals surface area contributed by atoms with Gasteiger partial charge in [-0.1, -0.05) is 0 Å². The van der Waals surface area contributed by atoms with Crippen LogP contribution < -0.4 is 0 Å². The molecule has 12 heavy (non-hydrogen) atoms. The summed E-state index contributed by atoms with van der Waals surface area (Å²) in [5, 5.41) is 27.4. The van der Waals surface area contributed by atoms with Crippen LogP contribution in [0.4, 0.5) is 5.69 Å². The molecule has 0 aliphatic carbocycles. The van der Waals surface area contributed by atoms with Crippen molar-refractivity contribution < 1.29 is 19.9 Å². The number of H-pyrrole nitrogens is 1. The summed E-state index contributed by atoms with van der Waals surface area (Å²) in [6, 6.07) is 0. The Kier molecular flexibility index (Phi) is 1.70. The van der Waals surface area contributed by atoms with Gasteiger partial charge in [-0.2, -0.15) is 0 Å². The van der Waals surface area contributed by atoms with E-state index in [0.29, 0.717) is 0 Å². The topological polar surface area (TPSA) is 116 Å². The summed E-state index contributed by atoms with van der Waals surface area (Å²) in [7, 11) is 0. The van der Waals surface area contributed by atoms with Crippen molar-refractivity contribution in [2.75, 3.05) is 0 Å². The number of aromatic amines is 1. The first kappa shape index (κ1) is 8.05. The highest BCUT2D eigenvalue weighted by atomic mass is 16.6. The Hall–Kier alpha value is -2.05. The molecule has 0 saturated carbocycles. The van der Waals surface area contributed by atoms with Gasteiger partial charge in [-0.15, -0.1) is 0 Å². The summed E-state index contributed by atoms with van der Waals surface area (Å²) in [4.78, 5) is 21.5. The first-order valence-electron chi connectivity index (χ1n) is 2.82. The molecule has 64 valence electrons. The lowest BCUT2D eigenvalue weighted by Gasteiger charge is -1.88. The minimum atomic E-state index is -1.44. The van der Waals surface area contributed by atoms with E-state index in [0.717, 1.165) is 6.20 Å². The van der Waals surface area contributed by atoms with Gasteiger partial charge in [-0.05, 0) is 0 Å². The highest BCUT2D eigenvalue weighted by Crippen LogP contribution is 2.28. The standard InChI is InChI=1S/C5H4N2O5/c8-4-2(7(11)12)1-6-3(4)5(9)10/h1,6,8H,(H,9,10). The van der Waals surface area contributed by atoms with Gasteiger partial charge in [0.15, 0.2) is 5.69 Å². The van der Waals surface area contributed by atoms with E-state index in [1.807, 2.05) is 0 Å². The van der Waals surface area contributed by atoms with Crippen LogP contribution >= 0.6 is 0 Å². The van der Waals surface area contributed by atoms with E-state index >= 15 is 0 Å². The molecule has 0 bridgehead atoms. The van der Waals surface area contributed by atoms with E-state index in [2.05, 4.69) is 4.98 Å². The first-order chi connectivity index (χ1) is 5.54. The number of carbonyl (C=O) groups is 1. The molecular weight excluding hydrogens is 168 g/mol. The van der Waals surface area contributed by atoms with Crippen LogP contribution in [0.3, 0.4) is 0 Å². The average Bonchev–Trinajstić information content (AvgIpc) is 2.30. The monoisotopic (exact) mass is 172 g/mol. The molecule has 0 unspecified atom stereocenters. The molecule has 0 aromatic carbocycles. The fourth-order valence-electron chi connectivity index (χ4n) is 0.708. The Labute approximate surface area is 65.4 Å². The molecule has 7 nitrogen and oxygen atoms in total. The molecule has 1 heterocycles. The van der Waals surface area contributed by atoms with Gasteiger partial charge in [-0.25, -0.2) is 4.79 Å². The van der Waals surface area contributed by atoms with Gasteiger partial charge < -0.3 is 15.2 Å². The molecule has 1 aromatic heterocycles. The van der Waals surface area contributed by atoms with Crippen molar-refractivity contribution in [2.24, 2.45) is 0 Å². The number of aromatic carboxylic acids is 1. The highest BCUT2D eigenvalue weighted by molar-refractivity contribution is 5.90. The van der Waals surface area contributed by atoms with Crippen molar-refractivity contribution in [3.63, 3.8) is 0 Å². The number of aromatic hydroxyl groups is 1. The third-order valence-corrected chi connectivity index (χ3v) is 1.24. The van der Waals surface area contributed by atoms with Gasteiger partial charge in [0.2, 0.25) is 5.75 Å². The number of carboxylic acids is 1. The Morgan fingerprint density at radius 3 is 2.50 bits per heavy atom. The number of carboxylic acid groups (broad SMARTS) is 1. The summed E-state index contributed by atoms with van der Waals surface area (Å²) < 4.78 is 0. The molecule has 0 saturated heterocycles. The molecule has 0 radical (unpaired) electrons. The van der Waals surface area contributed by atoms with Gasteiger partial charge in [-0.3, -0.25) is 10.1 Å². The van der Waals surface area contributed by atoms with E-state index in [9.17, 15) is 14.9 Å². The summed E-state index contributed by atoms with van der Waals surface area (Å²) >= 11 is 0. The van der Waals surface area contributed by atoms with Gasteiger partial charge in [0.25, 0.3) is 0 Å². The van der Waals surface area contributed by atoms with E-state index in [4.69, 9.17) is 10.2 Å². The minimum Gasteiger partial charge on any atom is -0.500 e. The van der Waals surface area contributed by atoms with Crippen LogP contribution in [0.1, 0.15) is 10.5 Å². The second-order valence-electron chi connectivity index (χ2n) is 1.96. The zero-order valence-corrected chi connectivity index (χ0v) is 5.64. The maximum atomic E-state index is 10.2. The van der Waals surface area contributed by atoms with E-state index in [1.54, 1.807) is 0 Å². The largest absolute Gasteiger partial charge is 0.500 e. The number of aromatic nitrogens is 1. The third kappa shape index (κ3) is 1.07. The van der Waals surface area contributed by atoms with Crippen molar-refractivity contribution in [2.45, 2.75) is 0 Å². The lowest BCUT2D eigenvalue weighted by molar-refractivity contribution is -0.385. The molecule has 0 aliphatic heterocycles. The summed E-state index contributed by atoms with van der Waals surface area (Å²) in [6.07, 6.45) is 0.818. The van der Waals surface area contributed by atoms with E-state index in [-0.39, 0.29) is 0 Å². The van der Waals surface area contributed by atoms with Gasteiger partial charge in [0.05, 0.1) is 11.1 Å². The molecule has 0 spiro atoms. The first-order valence-corrected chi connectivity index (χ1v) is 2.82. The fourth-order valence-corrected chi connectivity index (χ4v) is 0.708. The normalized spacial score (nSPS) is 9.67. The fraction of sp³-hybridized carbons (Fsp3) is 0. The lowest BCUT2D eigenvalue weighted by Crippen LogP contribution is -1.96. The van der Waals surface area contributed by atoms with Crippen LogP contribution in [0.2, 0.25) is 0 Å². The second kappa shape index (κ2) is 2.53. The van der Waals surface area contributed by atoms with Crippen molar-refractivity contribution in [3.8, 4) is 5.75 Å². The van der Waals surface area contributed by atoms with Crippen LogP contribution in [0.15, 0.2) is 6.20 Å². The average molecular weight is 172 g/mol. The summed E-state index contributed by atoms with van der Waals surface area (Å²) in [5.41, 5.74) is -1.23. The molecule has 0 amide bonds. The molecule has 1 rings (SSSR count). The van der Waals surface area contributed by atoms with Gasteiger partial charge in [0, 0.05) is 0 Å². The van der Waals surface area contributed by atoms with Crippen molar-refractivity contribution in [1.82, 2.24) is 4.98 Å². The van der Waals surface area contributed by atoms with Crippen LogP contribution in [0.25, 0.3) is 0 Å². The third-order valence-electron chi connectivity index (χ3n) is 1.24. The van der Waals surface area contributed by atoms with Crippen LogP contribution in [-0.4, -0.2) is 26.1 Å². The molecule has 0 aliphatic rings. The van der Waals surface area contributed by atoms with Crippen molar-refractivity contribution in [3.05, 3.63) is 22.0 Å². The Bertz CT molecular complexity index is 310. The Balaban J connectivity index is 3.22. The smallest absolute Gasteiger partial charge is 0.356 e. The second-order valence-corrected chi connectivity index (χ2v) is 1.96. The Morgan fingerprint density at radius 2 is 2.25 bits per heavy atom. The summed E-state index contributed by atoms with van der Waals surface area (Å²) in [5.74, 6) is -2.30. The van der Waals surface area contributed by atoms with E-state index in [1.165, 1.54) is 0 Å². The molecule has 7 heteroatoms. The predicted octanol–water partition coefficient (Wildman–Crippen LogP) is 0.327. The van der Waals surface area contributed by atoms with E-state index < -0.39 is 28.0 Å². The van der Waals surface area contributed by atoms with Crippen LogP contribution in [0, 0.1) is 10.1 Å². The quantitative estimate of drug-likeness (QED) is 0.438. The summed E-state index contributed by atoms with van der Waals surface area (Å²) in [6.45, 7) is 0. The number of nitro groups is 1. The zero-order valence-electron chi connectivity index (χ0n) is 5.64. The maximum absolute atomic E-state index is 10.2. The van der Waals surface area contributed by atoms with Crippen molar-refractivity contribution in [1.29, 1.82) is 0 Å². The maximum Gasteiger partial charge on any atom is 0.356 e. The van der Waals surface area contributed by atoms with Gasteiger partial charge >= 0.3 is 11.7 Å². The molecular formula is C5H4N2O5. The Morgan fingerprint density at radius 1 is 1.67 bits per heavy atom. The highest BCUT2D eigenvalue weighted by Gasteiger charge is 2.23. The van der Waals surface area contributed by atoms with Crippen LogP contribution in [-0.2, 0) is 0 Å². The SMILES string of the molecule is O=C(O)c1[nH]cc([N+](=O)[O-])c1O. The number of nitrogens with one attached hydrogen (secondary N) is 1. The molecule has 0 atom stereocenters. The van der Waals surface area contributed by atoms with Crippen molar-refractivity contribution >= 4 is 11.7 Å². The molecule has 0 fully saturated rings. The number of hydrogen-bond acceptors (Lipinski definition) is 4. The molecule has 1 aromatic rings. The number of rotatable bonds is 2.